The number of guanidine groups is 1. The number of nitrogens with zero attached hydrogens (tertiary/aromatic N) is 1. The van der Waals surface area contributed by atoms with Gasteiger partial charge < -0.3 is 11.5 Å². The zero-order valence-electron chi connectivity index (χ0n) is 11.1. The largest absolute Gasteiger partial charge is 0.370 e. The van der Waals surface area contributed by atoms with Gasteiger partial charge in [0.15, 0.2) is 5.96 Å². The van der Waals surface area contributed by atoms with Gasteiger partial charge in [-0.1, -0.05) is 28.1 Å². The summed E-state index contributed by atoms with van der Waals surface area (Å²) in [6.45, 7) is 0. The predicted molar refractivity (Wildman–Crippen MR) is 82.0 cm³/mol. The summed E-state index contributed by atoms with van der Waals surface area (Å²) in [4.78, 5) is 16.2. The van der Waals surface area contributed by atoms with Crippen LogP contribution in [0.4, 0.5) is 0 Å². The lowest BCUT2D eigenvalue weighted by molar-refractivity contribution is -0.123. The maximum atomic E-state index is 12.4. The molecule has 106 valence electrons. The Kier molecular flexibility index (Phi) is 3.54. The van der Waals surface area contributed by atoms with Gasteiger partial charge in [-0.3, -0.25) is 4.79 Å². The topological polar surface area (TPSA) is 81.5 Å². The summed E-state index contributed by atoms with van der Waals surface area (Å²) in [5.41, 5.74) is 12.0. The number of nitrogens with two attached hydrogens (primary N) is 2. The van der Waals surface area contributed by atoms with Crippen LogP contribution in [-0.4, -0.2) is 11.9 Å². The molecule has 1 amide bonds. The molecule has 2 aliphatic carbocycles. The number of carbonyl (C=O) groups excluding carboxylic acids is 1. The van der Waals surface area contributed by atoms with Crippen LogP contribution >= 0.6 is 15.9 Å². The Bertz CT molecular complexity index is 568. The number of rotatable bonds is 2. The van der Waals surface area contributed by atoms with Crippen LogP contribution in [0.1, 0.15) is 30.7 Å². The van der Waals surface area contributed by atoms with Crippen LogP contribution in [0.2, 0.25) is 0 Å². The highest BCUT2D eigenvalue weighted by molar-refractivity contribution is 9.10. The lowest BCUT2D eigenvalue weighted by Crippen LogP contribution is -2.31. The van der Waals surface area contributed by atoms with Gasteiger partial charge in [-0.2, -0.15) is 4.99 Å². The quantitative estimate of drug-likeness (QED) is 0.643. The SMILES string of the molecule is NC(N)=NC(=O)[C@@H]1C2CCC(C2)[C@H]1c1cccc(Br)c1. The molecule has 5 heteroatoms. The molecule has 1 aromatic rings. The van der Waals surface area contributed by atoms with E-state index in [9.17, 15) is 4.79 Å². The van der Waals surface area contributed by atoms with E-state index in [1.165, 1.54) is 12.0 Å². The van der Waals surface area contributed by atoms with Crippen molar-refractivity contribution < 1.29 is 4.79 Å². The Balaban J connectivity index is 1.95. The highest BCUT2D eigenvalue weighted by Gasteiger charge is 2.51. The molecular formula is C15H18BrN3O. The van der Waals surface area contributed by atoms with Gasteiger partial charge in [0.2, 0.25) is 0 Å². The number of benzene rings is 1. The molecule has 4 nitrogen and oxygen atoms in total. The van der Waals surface area contributed by atoms with Crippen molar-refractivity contribution in [3.63, 3.8) is 0 Å². The summed E-state index contributed by atoms with van der Waals surface area (Å²) in [5.74, 6) is 0.914. The number of amides is 1. The molecule has 3 rings (SSSR count). The number of halogens is 1. The van der Waals surface area contributed by atoms with Crippen LogP contribution in [0, 0.1) is 17.8 Å². The minimum atomic E-state index is -0.151. The fourth-order valence-electron chi connectivity index (χ4n) is 4.04. The Morgan fingerprint density at radius 1 is 1.25 bits per heavy atom. The minimum Gasteiger partial charge on any atom is -0.370 e. The molecule has 0 aromatic heterocycles. The number of hydrogen-bond donors (Lipinski definition) is 2. The minimum absolute atomic E-state index is 0.0647. The third kappa shape index (κ3) is 2.35. The second kappa shape index (κ2) is 5.20. The van der Waals surface area contributed by atoms with Crippen LogP contribution in [0.15, 0.2) is 33.7 Å². The first-order valence-electron chi connectivity index (χ1n) is 6.95. The van der Waals surface area contributed by atoms with Crippen molar-refractivity contribution in [3.05, 3.63) is 34.3 Å². The summed E-state index contributed by atoms with van der Waals surface area (Å²) in [6, 6.07) is 8.24. The molecule has 2 unspecified atom stereocenters. The highest BCUT2D eigenvalue weighted by atomic mass is 79.9. The normalized spacial score (nSPS) is 31.2. The average molecular weight is 336 g/mol. The smallest absolute Gasteiger partial charge is 0.252 e. The molecule has 2 fully saturated rings. The first-order chi connectivity index (χ1) is 9.56. The van der Waals surface area contributed by atoms with Gasteiger partial charge >= 0.3 is 0 Å². The first-order valence-corrected chi connectivity index (χ1v) is 7.74. The van der Waals surface area contributed by atoms with E-state index in [1.54, 1.807) is 0 Å². The molecule has 0 aliphatic heterocycles. The zero-order chi connectivity index (χ0) is 14.3. The maximum absolute atomic E-state index is 12.4. The highest BCUT2D eigenvalue weighted by Crippen LogP contribution is 2.57. The van der Waals surface area contributed by atoms with Gasteiger partial charge in [0.1, 0.15) is 0 Å². The molecule has 20 heavy (non-hydrogen) atoms. The van der Waals surface area contributed by atoms with E-state index in [4.69, 9.17) is 11.5 Å². The van der Waals surface area contributed by atoms with E-state index >= 15 is 0 Å². The van der Waals surface area contributed by atoms with Gasteiger partial charge in [0.25, 0.3) is 5.91 Å². The van der Waals surface area contributed by atoms with Crippen molar-refractivity contribution >= 4 is 27.8 Å². The van der Waals surface area contributed by atoms with Crippen molar-refractivity contribution in [1.82, 2.24) is 0 Å². The van der Waals surface area contributed by atoms with Gasteiger partial charge in [-0.25, -0.2) is 0 Å². The van der Waals surface area contributed by atoms with E-state index < -0.39 is 0 Å². The summed E-state index contributed by atoms with van der Waals surface area (Å²) < 4.78 is 1.05. The average Bonchev–Trinajstić information content (AvgIpc) is 2.97. The monoisotopic (exact) mass is 335 g/mol. The van der Waals surface area contributed by atoms with Crippen LogP contribution in [0.5, 0.6) is 0 Å². The zero-order valence-corrected chi connectivity index (χ0v) is 12.7. The number of fused-ring (bicyclic) bond motifs is 2. The summed E-state index contributed by atoms with van der Waals surface area (Å²) in [5, 5.41) is 0. The maximum Gasteiger partial charge on any atom is 0.252 e. The Morgan fingerprint density at radius 3 is 2.70 bits per heavy atom. The summed E-state index contributed by atoms with van der Waals surface area (Å²) in [7, 11) is 0. The molecule has 2 saturated carbocycles. The fourth-order valence-corrected chi connectivity index (χ4v) is 4.46. The molecule has 4 N–H and O–H groups in total. The van der Waals surface area contributed by atoms with E-state index in [0.717, 1.165) is 17.3 Å². The van der Waals surface area contributed by atoms with Crippen LogP contribution in [-0.2, 0) is 4.79 Å². The van der Waals surface area contributed by atoms with E-state index in [2.05, 4.69) is 33.1 Å². The third-order valence-electron chi connectivity index (χ3n) is 4.67. The molecule has 0 radical (unpaired) electrons. The van der Waals surface area contributed by atoms with Crippen molar-refractivity contribution in [2.45, 2.75) is 25.2 Å². The molecule has 0 spiro atoms. The van der Waals surface area contributed by atoms with E-state index in [-0.39, 0.29) is 23.7 Å². The number of aliphatic imine (C=N–C) groups is 1. The Morgan fingerprint density at radius 2 is 2.00 bits per heavy atom. The number of carbonyl (C=O) groups is 1. The van der Waals surface area contributed by atoms with Crippen molar-refractivity contribution in [3.8, 4) is 0 Å². The van der Waals surface area contributed by atoms with Crippen molar-refractivity contribution in [1.29, 1.82) is 0 Å². The first kappa shape index (κ1) is 13.6. The molecule has 2 aliphatic rings. The lowest BCUT2D eigenvalue weighted by Gasteiger charge is -2.29. The van der Waals surface area contributed by atoms with Gasteiger partial charge in [-0.05, 0) is 54.7 Å². The van der Waals surface area contributed by atoms with Gasteiger partial charge in [0.05, 0.1) is 5.92 Å². The van der Waals surface area contributed by atoms with Crippen molar-refractivity contribution in [2.75, 3.05) is 0 Å². The Labute approximate surface area is 126 Å². The van der Waals surface area contributed by atoms with Gasteiger partial charge in [-0.15, -0.1) is 0 Å². The summed E-state index contributed by atoms with van der Waals surface area (Å²) in [6.07, 6.45) is 3.44. The molecule has 0 heterocycles. The second-order valence-electron chi connectivity index (χ2n) is 5.81. The molecule has 2 bridgehead atoms. The molecule has 4 atom stereocenters. The fraction of sp³-hybridized carbons (Fsp3) is 0.467. The standard InChI is InChI=1S/C15H18BrN3O/c16-11-3-1-2-8(7-11)12-9-4-5-10(6-9)13(12)14(20)19-15(17)18/h1-3,7,9-10,12-13H,4-6H2,(H4,17,18,19,20)/t9?,10?,12-,13-/m1/s1. The van der Waals surface area contributed by atoms with Gasteiger partial charge in [0, 0.05) is 4.47 Å². The van der Waals surface area contributed by atoms with Crippen LogP contribution in [0.25, 0.3) is 0 Å². The molecule has 1 aromatic carbocycles. The van der Waals surface area contributed by atoms with Crippen LogP contribution < -0.4 is 11.5 Å². The van der Waals surface area contributed by atoms with Crippen LogP contribution in [0.3, 0.4) is 0 Å². The van der Waals surface area contributed by atoms with E-state index in [1.807, 2.05) is 12.1 Å². The Hall–Kier alpha value is -1.36. The third-order valence-corrected chi connectivity index (χ3v) is 5.17. The van der Waals surface area contributed by atoms with E-state index in [0.29, 0.717) is 11.8 Å². The lowest BCUT2D eigenvalue weighted by atomic mass is 9.75. The predicted octanol–water partition coefficient (Wildman–Crippen LogP) is 2.38. The van der Waals surface area contributed by atoms with Crippen molar-refractivity contribution in [2.24, 2.45) is 34.2 Å². The summed E-state index contributed by atoms with van der Waals surface area (Å²) >= 11 is 3.51. The second-order valence-corrected chi connectivity index (χ2v) is 6.73. The number of hydrogen-bond acceptors (Lipinski definition) is 1. The molecular weight excluding hydrogens is 318 g/mol. The molecule has 0 saturated heterocycles.